The molecule has 1 fully saturated rings. The van der Waals surface area contributed by atoms with E-state index < -0.39 is 0 Å². The molecule has 1 saturated heterocycles. The molecule has 160 valence electrons. The lowest BCUT2D eigenvalue weighted by Crippen LogP contribution is -2.44. The Hall–Kier alpha value is -3.26. The third-order valence-corrected chi connectivity index (χ3v) is 5.71. The molecule has 2 aliphatic heterocycles. The monoisotopic (exact) mass is 417 g/mol. The van der Waals surface area contributed by atoms with Gasteiger partial charge >= 0.3 is 6.01 Å². The molecule has 0 spiro atoms. The van der Waals surface area contributed by atoms with Crippen LogP contribution in [0.2, 0.25) is 0 Å². The average Bonchev–Trinajstić information content (AvgIpc) is 3.32. The molecule has 0 radical (unpaired) electrons. The fourth-order valence-electron chi connectivity index (χ4n) is 4.00. The Morgan fingerprint density at radius 3 is 2.65 bits per heavy atom. The van der Waals surface area contributed by atoms with Crippen molar-refractivity contribution in [3.05, 3.63) is 41.0 Å². The predicted octanol–water partition coefficient (Wildman–Crippen LogP) is 3.22. The summed E-state index contributed by atoms with van der Waals surface area (Å²) in [6.45, 7) is 8.54. The molecule has 3 aliphatic rings. The molecular weight excluding hydrogens is 390 g/mol. The number of hydrogen-bond acceptors (Lipinski definition) is 8. The normalized spacial score (nSPS) is 18.4. The molecule has 1 aromatic heterocycles. The zero-order valence-corrected chi connectivity index (χ0v) is 18.2. The summed E-state index contributed by atoms with van der Waals surface area (Å²) in [7, 11) is 2.14. The molecule has 5 rings (SSSR count). The van der Waals surface area contributed by atoms with E-state index >= 15 is 0 Å². The number of aliphatic imine (C=N–C) groups is 2. The highest BCUT2D eigenvalue weighted by atomic mass is 16.5. The maximum Gasteiger partial charge on any atom is 0.325 e. The van der Waals surface area contributed by atoms with Crippen LogP contribution in [0.15, 0.2) is 39.8 Å². The molecule has 0 unspecified atom stereocenters. The van der Waals surface area contributed by atoms with Crippen molar-refractivity contribution in [3.63, 3.8) is 0 Å². The number of nitrogens with one attached hydrogen (secondary N) is 1. The maximum absolute atomic E-state index is 6.11. The van der Waals surface area contributed by atoms with Gasteiger partial charge in [-0.2, -0.15) is 9.97 Å². The summed E-state index contributed by atoms with van der Waals surface area (Å²) in [4.78, 5) is 22.7. The number of allylic oxidation sites excluding steroid dienone is 1. The van der Waals surface area contributed by atoms with Crippen molar-refractivity contribution in [3.8, 4) is 11.8 Å². The molecule has 0 bridgehead atoms. The Balaban J connectivity index is 1.43. The predicted molar refractivity (Wildman–Crippen MR) is 125 cm³/mol. The van der Waals surface area contributed by atoms with Crippen molar-refractivity contribution in [1.29, 1.82) is 0 Å². The third kappa shape index (κ3) is 4.44. The highest BCUT2D eigenvalue weighted by Crippen LogP contribution is 2.30. The number of aromatic nitrogens is 2. The van der Waals surface area contributed by atoms with Crippen LogP contribution < -0.4 is 15.0 Å². The lowest BCUT2D eigenvalue weighted by atomic mass is 10.1. The van der Waals surface area contributed by atoms with E-state index in [4.69, 9.17) is 9.72 Å². The number of anilines is 2. The van der Waals surface area contributed by atoms with E-state index in [0.29, 0.717) is 24.3 Å². The number of likely N-dealkylation sites (N-methyl/N-ethyl adjacent to an activating group) is 1. The van der Waals surface area contributed by atoms with E-state index in [1.807, 2.05) is 19.1 Å². The Morgan fingerprint density at radius 1 is 1.03 bits per heavy atom. The number of nitrogens with zero attached hydrogens (tertiary/aromatic N) is 6. The SMILES string of the molecule is CC1=Cc2cc(Oc3nc(NC4=NCC(C)=N4)cc(N4CCN(C)CC4)n3)ccc2C1. The van der Waals surface area contributed by atoms with Gasteiger partial charge in [0.05, 0.1) is 6.54 Å². The van der Waals surface area contributed by atoms with Crippen LogP contribution in [-0.4, -0.2) is 66.3 Å². The fourth-order valence-corrected chi connectivity index (χ4v) is 4.00. The van der Waals surface area contributed by atoms with Crippen LogP contribution in [0.5, 0.6) is 11.8 Å². The van der Waals surface area contributed by atoms with Crippen molar-refractivity contribution in [1.82, 2.24) is 14.9 Å². The molecule has 31 heavy (non-hydrogen) atoms. The highest BCUT2D eigenvalue weighted by Gasteiger charge is 2.19. The number of hydrogen-bond donors (Lipinski definition) is 1. The second-order valence-electron chi connectivity index (χ2n) is 8.43. The van der Waals surface area contributed by atoms with Gasteiger partial charge in [-0.05, 0) is 50.6 Å². The zero-order valence-electron chi connectivity index (χ0n) is 18.2. The van der Waals surface area contributed by atoms with Gasteiger partial charge in [0.25, 0.3) is 0 Å². The van der Waals surface area contributed by atoms with Crippen molar-refractivity contribution in [2.75, 3.05) is 50.0 Å². The molecule has 0 atom stereocenters. The van der Waals surface area contributed by atoms with Gasteiger partial charge in [0.2, 0.25) is 5.96 Å². The minimum Gasteiger partial charge on any atom is -0.424 e. The van der Waals surface area contributed by atoms with Crippen LogP contribution in [0.1, 0.15) is 25.0 Å². The third-order valence-electron chi connectivity index (χ3n) is 5.71. The van der Waals surface area contributed by atoms with Crippen LogP contribution in [-0.2, 0) is 6.42 Å². The van der Waals surface area contributed by atoms with Crippen LogP contribution in [0.4, 0.5) is 11.6 Å². The highest BCUT2D eigenvalue weighted by molar-refractivity contribution is 6.07. The van der Waals surface area contributed by atoms with Gasteiger partial charge in [-0.1, -0.05) is 17.7 Å². The van der Waals surface area contributed by atoms with Crippen LogP contribution in [0.25, 0.3) is 6.08 Å². The summed E-state index contributed by atoms with van der Waals surface area (Å²) in [5.41, 5.74) is 4.87. The number of rotatable bonds is 4. The quantitative estimate of drug-likeness (QED) is 0.823. The topological polar surface area (TPSA) is 78.2 Å². The van der Waals surface area contributed by atoms with Gasteiger partial charge in [-0.3, -0.25) is 0 Å². The summed E-state index contributed by atoms with van der Waals surface area (Å²) >= 11 is 0. The second kappa shape index (κ2) is 8.11. The van der Waals surface area contributed by atoms with Gasteiger partial charge < -0.3 is 19.9 Å². The largest absolute Gasteiger partial charge is 0.424 e. The molecule has 8 nitrogen and oxygen atoms in total. The first-order chi connectivity index (χ1) is 15.0. The van der Waals surface area contributed by atoms with Crippen molar-refractivity contribution in [2.24, 2.45) is 9.98 Å². The fraction of sp³-hybridized carbons (Fsp3) is 0.391. The minimum atomic E-state index is 0.317. The van der Waals surface area contributed by atoms with Gasteiger partial charge in [-0.15, -0.1) is 0 Å². The lowest BCUT2D eigenvalue weighted by Gasteiger charge is -2.33. The molecule has 1 aromatic carbocycles. The number of ether oxygens (including phenoxy) is 1. The minimum absolute atomic E-state index is 0.317. The molecule has 0 saturated carbocycles. The number of fused-ring (bicyclic) bond motifs is 1. The summed E-state index contributed by atoms with van der Waals surface area (Å²) in [5, 5.41) is 3.22. The van der Waals surface area contributed by atoms with Crippen molar-refractivity contribution < 1.29 is 4.74 Å². The van der Waals surface area contributed by atoms with Crippen molar-refractivity contribution in [2.45, 2.75) is 20.3 Å². The zero-order chi connectivity index (χ0) is 21.4. The van der Waals surface area contributed by atoms with E-state index in [2.05, 4.69) is 62.3 Å². The summed E-state index contributed by atoms with van der Waals surface area (Å²) < 4.78 is 6.11. The molecule has 0 amide bonds. The number of piperazine rings is 1. The summed E-state index contributed by atoms with van der Waals surface area (Å²) in [6.07, 6.45) is 3.20. The molecule has 2 aromatic rings. The van der Waals surface area contributed by atoms with Crippen molar-refractivity contribution >= 4 is 29.4 Å². The Labute approximate surface area is 182 Å². The molecule has 1 N–H and O–H groups in total. The summed E-state index contributed by atoms with van der Waals surface area (Å²) in [5.74, 6) is 2.78. The van der Waals surface area contributed by atoms with Gasteiger partial charge in [-0.25, -0.2) is 9.98 Å². The van der Waals surface area contributed by atoms with E-state index in [1.54, 1.807) is 0 Å². The molecule has 1 aliphatic carbocycles. The van der Waals surface area contributed by atoms with Gasteiger partial charge in [0, 0.05) is 38.0 Å². The van der Waals surface area contributed by atoms with E-state index in [1.165, 1.54) is 16.7 Å². The van der Waals surface area contributed by atoms with Gasteiger partial charge in [0.15, 0.2) is 0 Å². The molecule has 3 heterocycles. The Morgan fingerprint density at radius 2 is 1.87 bits per heavy atom. The number of guanidine groups is 1. The lowest BCUT2D eigenvalue weighted by molar-refractivity contribution is 0.311. The van der Waals surface area contributed by atoms with E-state index in [9.17, 15) is 0 Å². The first kappa shape index (κ1) is 19.7. The Bertz CT molecular complexity index is 1100. The van der Waals surface area contributed by atoms with E-state index in [-0.39, 0.29) is 0 Å². The standard InChI is InChI=1S/C23H27N7O/c1-15-10-17-4-5-19(12-18(17)11-15)31-23-27-20(26-22-24-14-16(2)25-22)13-21(28-23)30-8-6-29(3)7-9-30/h4-5,11-13H,6-10,14H2,1-3H3,(H,24,26,27,28). The Kier molecular flexibility index (Phi) is 5.15. The van der Waals surface area contributed by atoms with Crippen LogP contribution >= 0.6 is 0 Å². The van der Waals surface area contributed by atoms with Crippen LogP contribution in [0.3, 0.4) is 0 Å². The van der Waals surface area contributed by atoms with Gasteiger partial charge in [0.1, 0.15) is 17.4 Å². The smallest absolute Gasteiger partial charge is 0.325 e. The van der Waals surface area contributed by atoms with Crippen LogP contribution in [0, 0.1) is 0 Å². The first-order valence-corrected chi connectivity index (χ1v) is 10.7. The second-order valence-corrected chi connectivity index (χ2v) is 8.43. The summed E-state index contributed by atoms with van der Waals surface area (Å²) in [6, 6.07) is 8.42. The maximum atomic E-state index is 6.11. The first-order valence-electron chi connectivity index (χ1n) is 10.7. The molecular formula is C23H27N7O. The van der Waals surface area contributed by atoms with E-state index in [0.717, 1.165) is 49.9 Å². The number of benzene rings is 1. The average molecular weight is 418 g/mol. The molecule has 8 heteroatoms.